The van der Waals surface area contributed by atoms with Crippen LogP contribution in [0.15, 0.2) is 18.2 Å². The van der Waals surface area contributed by atoms with Crippen molar-refractivity contribution in [2.24, 2.45) is 5.41 Å². The first kappa shape index (κ1) is 23.7. The van der Waals surface area contributed by atoms with Gasteiger partial charge in [0.25, 0.3) is 0 Å². The van der Waals surface area contributed by atoms with Crippen LogP contribution in [0.1, 0.15) is 63.9 Å². The third-order valence-corrected chi connectivity index (χ3v) is 7.59. The molecular weight excluding hydrogens is 394 g/mol. The second kappa shape index (κ2) is 10.6. The van der Waals surface area contributed by atoms with Gasteiger partial charge < -0.3 is 14.5 Å². The molecule has 1 saturated carbocycles. The summed E-state index contributed by atoms with van der Waals surface area (Å²) in [5.41, 5.74) is 5.14. The number of methoxy groups -OCH3 is 1. The molecule has 3 aliphatic rings. The Morgan fingerprint density at radius 1 is 0.933 bits per heavy atom. The average Bonchev–Trinajstić information content (AvgIpc) is 3.27. The van der Waals surface area contributed by atoms with Crippen molar-refractivity contribution in [1.29, 1.82) is 0 Å². The van der Waals surface area contributed by atoms with Crippen LogP contribution in [-0.2, 0) is 4.74 Å². The summed E-state index contributed by atoms with van der Waals surface area (Å²) in [5.74, 6) is 0.729. The normalized spacial score (nSPS) is 22.9. The Labute approximate surface area is 190 Å². The monoisotopic (exact) mass is 435 g/mol. The van der Waals surface area contributed by atoms with Crippen molar-refractivity contribution in [3.63, 3.8) is 0 Å². The van der Waals surface area contributed by atoms with E-state index in [1.165, 1.54) is 63.0 Å². The molecule has 4 rings (SSSR count). The van der Waals surface area contributed by atoms with E-state index < -0.39 is 0 Å². The second-order valence-corrected chi connectivity index (χ2v) is 10.2. The number of ether oxygens (including phenoxy) is 1. The molecule has 1 aromatic rings. The predicted octanol–water partition coefficient (Wildman–Crippen LogP) is 5.16. The molecular formula is C25H42ClN3O. The molecule has 2 heterocycles. The first-order valence-electron chi connectivity index (χ1n) is 11.9. The van der Waals surface area contributed by atoms with Gasteiger partial charge in [0.15, 0.2) is 0 Å². The van der Waals surface area contributed by atoms with E-state index in [9.17, 15) is 0 Å². The summed E-state index contributed by atoms with van der Waals surface area (Å²) in [6, 6.07) is 7.42. The fourth-order valence-corrected chi connectivity index (χ4v) is 5.47. The zero-order chi connectivity index (χ0) is 20.3. The number of hydrogen-bond acceptors (Lipinski definition) is 4. The summed E-state index contributed by atoms with van der Waals surface area (Å²) >= 11 is 0. The van der Waals surface area contributed by atoms with Crippen LogP contribution in [0.25, 0.3) is 0 Å². The zero-order valence-corrected chi connectivity index (χ0v) is 20.2. The molecule has 5 heteroatoms. The lowest BCUT2D eigenvalue weighted by Gasteiger charge is -2.40. The number of rotatable bonds is 6. The summed E-state index contributed by atoms with van der Waals surface area (Å²) in [4.78, 5) is 7.80. The predicted molar refractivity (Wildman–Crippen MR) is 131 cm³/mol. The molecule has 0 atom stereocenters. The Kier molecular flexibility index (Phi) is 8.34. The van der Waals surface area contributed by atoms with Crippen molar-refractivity contribution in [2.45, 2.75) is 58.3 Å². The van der Waals surface area contributed by atoms with Gasteiger partial charge in [0, 0.05) is 64.3 Å². The van der Waals surface area contributed by atoms with Gasteiger partial charge in [0.1, 0.15) is 0 Å². The second-order valence-electron chi connectivity index (χ2n) is 10.2. The Morgan fingerprint density at radius 3 is 2.23 bits per heavy atom. The third-order valence-electron chi connectivity index (χ3n) is 7.59. The van der Waals surface area contributed by atoms with Gasteiger partial charge in [-0.2, -0.15) is 0 Å². The quantitative estimate of drug-likeness (QED) is 0.614. The number of halogens is 1. The molecule has 0 spiro atoms. The Morgan fingerprint density at radius 2 is 1.60 bits per heavy atom. The van der Waals surface area contributed by atoms with Crippen molar-refractivity contribution in [1.82, 2.24) is 4.90 Å². The lowest BCUT2D eigenvalue weighted by molar-refractivity contribution is 0.144. The smallest absolute Gasteiger partial charge is 0.0589 e. The van der Waals surface area contributed by atoms with Gasteiger partial charge in [0.2, 0.25) is 0 Å². The minimum Gasteiger partial charge on any atom is -0.383 e. The largest absolute Gasteiger partial charge is 0.383 e. The molecule has 0 bridgehead atoms. The molecule has 4 nitrogen and oxygen atoms in total. The minimum absolute atomic E-state index is 0. The van der Waals surface area contributed by atoms with Gasteiger partial charge in [-0.25, -0.2) is 0 Å². The van der Waals surface area contributed by atoms with Crippen molar-refractivity contribution in [2.75, 3.05) is 69.3 Å². The Hall–Kier alpha value is -0.970. The summed E-state index contributed by atoms with van der Waals surface area (Å²) in [6.45, 7) is 13.8. The van der Waals surface area contributed by atoms with Crippen LogP contribution >= 0.6 is 12.4 Å². The molecule has 3 fully saturated rings. The molecule has 1 aromatic carbocycles. The van der Waals surface area contributed by atoms with Crippen LogP contribution in [-0.4, -0.2) is 64.4 Å². The van der Waals surface area contributed by atoms with Crippen LogP contribution < -0.4 is 9.80 Å². The minimum atomic E-state index is 0. The van der Waals surface area contributed by atoms with E-state index in [4.69, 9.17) is 4.74 Å². The first-order valence-corrected chi connectivity index (χ1v) is 11.9. The highest BCUT2D eigenvalue weighted by molar-refractivity contribution is 5.85. The molecule has 170 valence electrons. The molecule has 2 aliphatic heterocycles. The fraction of sp³-hybridized carbons (Fsp3) is 0.760. The molecule has 2 saturated heterocycles. The SMILES string of the molecule is COCCN1CCN(c2ccc(N3CCCC3)cc2C2CCC(C)(C)CC2)CC1.Cl. The number of benzene rings is 1. The Balaban J connectivity index is 0.00000256. The molecule has 0 radical (unpaired) electrons. The average molecular weight is 436 g/mol. The van der Waals surface area contributed by atoms with Gasteiger partial charge in [-0.15, -0.1) is 12.4 Å². The van der Waals surface area contributed by atoms with Gasteiger partial charge in [0.05, 0.1) is 6.61 Å². The van der Waals surface area contributed by atoms with Gasteiger partial charge in [-0.05, 0) is 73.6 Å². The van der Waals surface area contributed by atoms with E-state index in [0.717, 1.165) is 45.2 Å². The molecule has 1 aliphatic carbocycles. The summed E-state index contributed by atoms with van der Waals surface area (Å²) < 4.78 is 5.27. The van der Waals surface area contributed by atoms with E-state index in [1.54, 1.807) is 12.7 Å². The van der Waals surface area contributed by atoms with E-state index in [-0.39, 0.29) is 12.4 Å². The number of hydrogen-bond donors (Lipinski definition) is 0. The van der Waals surface area contributed by atoms with Crippen LogP contribution in [0.5, 0.6) is 0 Å². The van der Waals surface area contributed by atoms with E-state index in [2.05, 4.69) is 46.7 Å². The van der Waals surface area contributed by atoms with E-state index in [0.29, 0.717) is 5.41 Å². The summed E-state index contributed by atoms with van der Waals surface area (Å²) in [7, 11) is 1.80. The van der Waals surface area contributed by atoms with Crippen molar-refractivity contribution >= 4 is 23.8 Å². The van der Waals surface area contributed by atoms with Crippen LogP contribution in [0.3, 0.4) is 0 Å². The van der Waals surface area contributed by atoms with Crippen molar-refractivity contribution < 1.29 is 4.74 Å². The third kappa shape index (κ3) is 5.63. The van der Waals surface area contributed by atoms with Crippen molar-refractivity contribution in [3.8, 4) is 0 Å². The lowest BCUT2D eigenvalue weighted by atomic mass is 9.71. The maximum absolute atomic E-state index is 5.27. The Bertz CT molecular complexity index is 656. The number of anilines is 2. The number of nitrogens with zero attached hydrogens (tertiary/aromatic N) is 3. The topological polar surface area (TPSA) is 19.0 Å². The lowest BCUT2D eigenvalue weighted by Crippen LogP contribution is -2.47. The maximum atomic E-state index is 5.27. The first-order chi connectivity index (χ1) is 14.1. The fourth-order valence-electron chi connectivity index (χ4n) is 5.47. The molecule has 30 heavy (non-hydrogen) atoms. The zero-order valence-electron chi connectivity index (χ0n) is 19.4. The van der Waals surface area contributed by atoms with Gasteiger partial charge >= 0.3 is 0 Å². The highest BCUT2D eigenvalue weighted by Crippen LogP contribution is 2.45. The summed E-state index contributed by atoms with van der Waals surface area (Å²) in [5, 5.41) is 0. The van der Waals surface area contributed by atoms with Crippen LogP contribution in [0, 0.1) is 5.41 Å². The molecule has 0 unspecified atom stereocenters. The van der Waals surface area contributed by atoms with Gasteiger partial charge in [-0.3, -0.25) is 4.90 Å². The van der Waals surface area contributed by atoms with Gasteiger partial charge in [-0.1, -0.05) is 13.8 Å². The standard InChI is InChI=1S/C25H41N3O.ClH/c1-25(2)10-8-21(9-11-25)23-20-22(27-12-4-5-13-27)6-7-24(23)28-16-14-26(15-17-28)18-19-29-3;/h6-7,20-21H,4-5,8-19H2,1-3H3;1H. The van der Waals surface area contributed by atoms with Crippen LogP contribution in [0.4, 0.5) is 11.4 Å². The molecule has 0 aromatic heterocycles. The highest BCUT2D eigenvalue weighted by atomic mass is 35.5. The van der Waals surface area contributed by atoms with E-state index >= 15 is 0 Å². The van der Waals surface area contributed by atoms with Crippen LogP contribution in [0.2, 0.25) is 0 Å². The molecule has 0 N–H and O–H groups in total. The highest BCUT2D eigenvalue weighted by Gasteiger charge is 2.30. The maximum Gasteiger partial charge on any atom is 0.0589 e. The van der Waals surface area contributed by atoms with Crippen molar-refractivity contribution in [3.05, 3.63) is 23.8 Å². The summed E-state index contributed by atoms with van der Waals surface area (Å²) in [6.07, 6.45) is 8.09. The molecule has 0 amide bonds. The van der Waals surface area contributed by atoms with E-state index in [1.807, 2.05) is 0 Å². The number of piperazine rings is 1.